The van der Waals surface area contributed by atoms with Crippen molar-refractivity contribution in [2.75, 3.05) is 12.3 Å². The highest BCUT2D eigenvalue weighted by molar-refractivity contribution is 7.66. The van der Waals surface area contributed by atoms with Crippen molar-refractivity contribution in [3.05, 3.63) is 22.2 Å². The van der Waals surface area contributed by atoms with Gasteiger partial charge in [0.25, 0.3) is 0 Å². The number of nitrogen functional groups attached to an aromatic ring is 1. The van der Waals surface area contributed by atoms with Gasteiger partial charge in [-0.05, 0) is 13.0 Å². The zero-order valence-corrected chi connectivity index (χ0v) is 18.3. The lowest BCUT2D eigenvalue weighted by atomic mass is 9.97. The number of hydrogen-bond acceptors (Lipinski definition) is 11. The molecule has 0 radical (unpaired) electrons. The highest BCUT2D eigenvalue weighted by Crippen LogP contribution is 2.66. The molecule has 0 aromatic carbocycles. The van der Waals surface area contributed by atoms with Gasteiger partial charge in [0.05, 0.1) is 9.30 Å². The first-order valence-electron chi connectivity index (χ1n) is 8.84. The van der Waals surface area contributed by atoms with Crippen molar-refractivity contribution >= 4 is 29.3 Å². The van der Waals surface area contributed by atoms with Gasteiger partial charge in [0.1, 0.15) is 18.0 Å². The molecule has 0 spiro atoms. The molecule has 3 unspecified atom stereocenters. The molecule has 2 rings (SSSR count). The van der Waals surface area contributed by atoms with Gasteiger partial charge in [-0.25, -0.2) is 22.9 Å². The second-order valence-electron chi connectivity index (χ2n) is 6.04. The van der Waals surface area contributed by atoms with E-state index in [2.05, 4.69) is 18.1 Å². The highest BCUT2D eigenvalue weighted by atomic mass is 31.3. The number of halogens is 1. The Balaban J connectivity index is 2.41. The van der Waals surface area contributed by atoms with Crippen LogP contribution in [-0.4, -0.2) is 58.7 Å². The summed E-state index contributed by atoms with van der Waals surface area (Å²) in [5.41, 5.74) is 0.730. The van der Waals surface area contributed by atoms with Crippen LogP contribution < -0.4 is 11.4 Å². The summed E-state index contributed by atoms with van der Waals surface area (Å²) in [4.78, 5) is 51.3. The molecule has 6 atom stereocenters. The predicted molar refractivity (Wildman–Crippen MR) is 100 cm³/mol. The fraction of sp³-hybridized carbons (Fsp3) is 0.500. The third kappa shape index (κ3) is 6.09. The van der Waals surface area contributed by atoms with Crippen molar-refractivity contribution in [2.24, 2.45) is 0 Å². The molecule has 180 valence electrons. The van der Waals surface area contributed by atoms with E-state index >= 15 is 4.39 Å². The smallest absolute Gasteiger partial charge is 0.386 e. The van der Waals surface area contributed by atoms with Gasteiger partial charge < -0.3 is 35.2 Å². The van der Waals surface area contributed by atoms with E-state index in [1.807, 2.05) is 0 Å². The van der Waals surface area contributed by atoms with Crippen LogP contribution in [0.2, 0.25) is 0 Å². The Hall–Kier alpha value is -1.50. The summed E-state index contributed by atoms with van der Waals surface area (Å²) in [7, 11) is -17.8. The minimum absolute atomic E-state index is 0.0962. The zero-order chi connectivity index (χ0) is 26.5. The molecule has 32 heavy (non-hydrogen) atoms. The average molecular weight is 525 g/mol. The third-order valence-corrected chi connectivity index (χ3v) is 7.34. The maximum atomic E-state index is 15.5. The molecular weight excluding hydrogens is 506 g/mol. The van der Waals surface area contributed by atoms with Gasteiger partial charge in [0, 0.05) is 5.69 Å². The van der Waals surface area contributed by atoms with Crippen LogP contribution in [0.1, 0.15) is 14.7 Å². The molecule has 0 saturated carbocycles. The topological polar surface area (TPSA) is 250 Å². The number of phosphoric ester groups is 1. The van der Waals surface area contributed by atoms with Crippen LogP contribution in [0.25, 0.3) is 0 Å². The largest absolute Gasteiger partial charge is 0.490 e. The number of anilines is 1. The molecule has 1 aliphatic heterocycles. The molecule has 1 fully saturated rings. The Labute approximate surface area is 181 Å². The maximum absolute atomic E-state index is 15.5. The molecule has 1 aromatic rings. The van der Waals surface area contributed by atoms with Gasteiger partial charge in [-0.15, -0.1) is 6.42 Å². The molecule has 20 heteroatoms. The summed E-state index contributed by atoms with van der Waals surface area (Å²) >= 11 is 0. The molecule has 16 nitrogen and oxygen atoms in total. The number of aliphatic hydroxyl groups excluding tert-OH is 1. The van der Waals surface area contributed by atoms with Crippen molar-refractivity contribution in [3.8, 4) is 12.3 Å². The number of nitrogens with two attached hydrogens (primary N) is 1. The predicted octanol–water partition coefficient (Wildman–Crippen LogP) is -0.923. The van der Waals surface area contributed by atoms with Crippen molar-refractivity contribution in [1.29, 1.82) is 0 Å². The van der Waals surface area contributed by atoms with Crippen molar-refractivity contribution in [2.45, 2.75) is 31.0 Å². The number of aryl methyl sites for hydroxylation is 1. The van der Waals surface area contributed by atoms with Crippen LogP contribution in [0.3, 0.4) is 0 Å². The van der Waals surface area contributed by atoms with Crippen LogP contribution in [0.4, 0.5) is 10.2 Å². The fourth-order valence-electron chi connectivity index (χ4n) is 2.51. The Morgan fingerprint density at radius 2 is 1.97 bits per heavy atom. The zero-order valence-electron chi connectivity index (χ0n) is 17.6. The Kier molecular flexibility index (Phi) is 6.68. The molecular formula is C12H17FN3O13P3. The number of ether oxygens (including phenoxy) is 1. The van der Waals surface area contributed by atoms with Crippen molar-refractivity contribution < 1.29 is 63.4 Å². The number of rotatable bonds is 8. The molecule has 0 amide bonds. The first-order valence-corrected chi connectivity index (χ1v) is 12.4. The molecule has 1 saturated heterocycles. The summed E-state index contributed by atoms with van der Waals surface area (Å²) in [5.74, 6) is 1.22. The standard InChI is InChI=1S/C12H17FN3O13P3/c1-3-12(13)9(17)7(27-10(12)16-6(2)4-8(14)15-11(16)18)5-26-31(22,23)29-32(24,25)28-30(19,20)21/h1,4,7,9-10,17H,5H2,2H3,(H,22,23)(H,24,25)(H2,14,15,18)(H2,19,20,21)/t7-,9+,10-,12?/m1/s1/i5D2. The number of aliphatic hydroxyl groups is 1. The first-order chi connectivity index (χ1) is 15.1. The van der Waals surface area contributed by atoms with Crippen LogP contribution in [0, 0.1) is 19.3 Å². The van der Waals surface area contributed by atoms with E-state index in [1.165, 1.54) is 12.8 Å². The summed E-state index contributed by atoms with van der Waals surface area (Å²) in [6.07, 6.45) is -2.43. The van der Waals surface area contributed by atoms with Gasteiger partial charge in [-0.1, -0.05) is 5.92 Å². The van der Waals surface area contributed by atoms with Crippen LogP contribution in [-0.2, 0) is 31.6 Å². The summed E-state index contributed by atoms with van der Waals surface area (Å²) in [6.45, 7) is -2.52. The van der Waals surface area contributed by atoms with Crippen molar-refractivity contribution in [3.63, 3.8) is 0 Å². The lowest BCUT2D eigenvalue weighted by molar-refractivity contribution is -0.0543. The number of nitrogens with zero attached hydrogens (tertiary/aromatic N) is 2. The van der Waals surface area contributed by atoms with E-state index in [1.54, 1.807) is 0 Å². The number of hydrogen-bond donors (Lipinski definition) is 6. The lowest BCUT2D eigenvalue weighted by Gasteiger charge is -2.25. The Bertz CT molecular complexity index is 1220. The van der Waals surface area contributed by atoms with Crippen LogP contribution in [0.15, 0.2) is 10.9 Å². The molecule has 1 aromatic heterocycles. The van der Waals surface area contributed by atoms with E-state index < -0.39 is 59.8 Å². The van der Waals surface area contributed by atoms with E-state index in [0.29, 0.717) is 4.57 Å². The van der Waals surface area contributed by atoms with Crippen LogP contribution >= 0.6 is 23.5 Å². The van der Waals surface area contributed by atoms with Gasteiger partial charge in [0.15, 0.2) is 6.23 Å². The number of alkyl halides is 1. The minimum Gasteiger partial charge on any atom is -0.386 e. The molecule has 0 bridgehead atoms. The SMILES string of the molecule is [2H]C([2H])(OP(=O)(O)OP(=O)(O)OP(=O)(O)O)[C@H]1O[C@@H](n2c(C)cc(N)nc2=O)C(F)(C#C)[C@H]1O. The molecule has 1 aliphatic rings. The molecule has 2 heterocycles. The second kappa shape index (κ2) is 9.03. The highest BCUT2D eigenvalue weighted by Gasteiger charge is 2.58. The fourth-order valence-corrected chi connectivity index (χ4v) is 5.38. The number of terminal acetylenes is 1. The minimum atomic E-state index is -6.09. The molecule has 0 aliphatic carbocycles. The Morgan fingerprint density at radius 1 is 1.38 bits per heavy atom. The van der Waals surface area contributed by atoms with Crippen molar-refractivity contribution in [1.82, 2.24) is 9.55 Å². The lowest BCUT2D eigenvalue weighted by Crippen LogP contribution is -2.45. The van der Waals surface area contributed by atoms with E-state index in [9.17, 15) is 28.5 Å². The van der Waals surface area contributed by atoms with Gasteiger partial charge >= 0.3 is 29.2 Å². The summed E-state index contributed by atoms with van der Waals surface area (Å²) < 4.78 is 81.5. The maximum Gasteiger partial charge on any atom is 0.490 e. The van der Waals surface area contributed by atoms with Crippen LogP contribution in [0.5, 0.6) is 0 Å². The first kappa shape index (κ1) is 23.7. The van der Waals surface area contributed by atoms with E-state index in [-0.39, 0.29) is 11.5 Å². The van der Waals surface area contributed by atoms with Gasteiger partial charge in [-0.2, -0.15) is 13.6 Å². The van der Waals surface area contributed by atoms with E-state index in [0.717, 1.165) is 6.07 Å². The average Bonchev–Trinajstić information content (AvgIpc) is 2.83. The molecule has 7 N–H and O–H groups in total. The normalized spacial score (nSPS) is 31.1. The third-order valence-electron chi connectivity index (χ3n) is 3.68. The summed E-state index contributed by atoms with van der Waals surface area (Å²) in [6, 6.07) is 1.09. The van der Waals surface area contributed by atoms with Gasteiger partial charge in [0.2, 0.25) is 5.67 Å². The monoisotopic (exact) mass is 525 g/mol. The van der Waals surface area contributed by atoms with E-state index in [4.69, 9.17) is 34.3 Å². The van der Waals surface area contributed by atoms with Gasteiger partial charge in [-0.3, -0.25) is 9.09 Å². The quantitative estimate of drug-likeness (QED) is 0.177. The number of phosphoric acid groups is 3. The number of aromatic nitrogens is 2. The Morgan fingerprint density at radius 3 is 2.47 bits per heavy atom. The summed E-state index contributed by atoms with van der Waals surface area (Å²) in [5, 5.41) is 10.3. The second-order valence-corrected chi connectivity index (χ2v) is 10.4.